The van der Waals surface area contributed by atoms with Crippen molar-refractivity contribution < 1.29 is 18.7 Å². The predicted molar refractivity (Wildman–Crippen MR) is 99.3 cm³/mol. The zero-order valence-corrected chi connectivity index (χ0v) is 15.1. The molecule has 146 valence electrons. The molecule has 28 heavy (non-hydrogen) atoms. The summed E-state index contributed by atoms with van der Waals surface area (Å²) in [5, 5.41) is 15.5. The molecule has 2 unspecified atom stereocenters. The molecule has 1 aromatic heterocycles. The van der Waals surface area contributed by atoms with Crippen LogP contribution in [-0.4, -0.2) is 27.2 Å². The van der Waals surface area contributed by atoms with Crippen LogP contribution in [0.1, 0.15) is 29.1 Å². The van der Waals surface area contributed by atoms with E-state index in [1.807, 2.05) is 0 Å². The lowest BCUT2D eigenvalue weighted by Gasteiger charge is -2.20. The highest BCUT2D eigenvalue weighted by atomic mass is 19.1. The molecule has 0 aliphatic heterocycles. The van der Waals surface area contributed by atoms with E-state index in [-0.39, 0.29) is 12.4 Å². The molecule has 3 rings (SSSR count). The van der Waals surface area contributed by atoms with Gasteiger partial charge in [-0.25, -0.2) is 18.6 Å². The molecule has 2 amide bonds. The average Bonchev–Trinajstić information content (AvgIpc) is 3.10. The molecular formula is C20H20F2N4O2. The van der Waals surface area contributed by atoms with Crippen LogP contribution in [0.25, 0.3) is 0 Å². The van der Waals surface area contributed by atoms with E-state index in [2.05, 4.69) is 15.6 Å². The Hall–Kier alpha value is -3.26. The Labute approximate surface area is 160 Å². The van der Waals surface area contributed by atoms with Crippen molar-refractivity contribution in [1.29, 1.82) is 0 Å². The summed E-state index contributed by atoms with van der Waals surface area (Å²) in [6, 6.07) is 10.1. The van der Waals surface area contributed by atoms with E-state index in [1.54, 1.807) is 42.2 Å². The lowest BCUT2D eigenvalue weighted by Crippen LogP contribution is -2.40. The molecule has 0 radical (unpaired) electrons. The van der Waals surface area contributed by atoms with E-state index in [4.69, 9.17) is 0 Å². The summed E-state index contributed by atoms with van der Waals surface area (Å²) < 4.78 is 28.3. The number of aromatic nitrogens is 2. The Balaban J connectivity index is 1.69. The van der Waals surface area contributed by atoms with Gasteiger partial charge in [0.05, 0.1) is 6.10 Å². The third kappa shape index (κ3) is 4.72. The quantitative estimate of drug-likeness (QED) is 0.610. The van der Waals surface area contributed by atoms with Crippen molar-refractivity contribution in [2.45, 2.75) is 12.1 Å². The molecule has 8 heteroatoms. The van der Waals surface area contributed by atoms with Crippen molar-refractivity contribution in [2.75, 3.05) is 6.54 Å². The van der Waals surface area contributed by atoms with Crippen LogP contribution in [0.15, 0.2) is 60.9 Å². The second-order valence-corrected chi connectivity index (χ2v) is 6.31. The van der Waals surface area contributed by atoms with E-state index in [0.717, 1.165) is 0 Å². The summed E-state index contributed by atoms with van der Waals surface area (Å²) in [5.74, 6) is -0.287. The smallest absolute Gasteiger partial charge is 0.315 e. The number of nitrogens with zero attached hydrogens (tertiary/aromatic N) is 2. The number of carbonyl (C=O) groups is 1. The zero-order valence-electron chi connectivity index (χ0n) is 15.1. The van der Waals surface area contributed by atoms with Gasteiger partial charge in [-0.1, -0.05) is 24.3 Å². The maximum absolute atomic E-state index is 13.3. The molecule has 0 saturated heterocycles. The summed E-state index contributed by atoms with van der Waals surface area (Å²) in [7, 11) is 1.78. The Morgan fingerprint density at radius 2 is 1.89 bits per heavy atom. The Bertz CT molecular complexity index is 943. The van der Waals surface area contributed by atoms with Crippen LogP contribution in [0.3, 0.4) is 0 Å². The minimum absolute atomic E-state index is 0.105. The third-order valence-electron chi connectivity index (χ3n) is 4.28. The van der Waals surface area contributed by atoms with Gasteiger partial charge in [0.15, 0.2) is 0 Å². The first-order valence-electron chi connectivity index (χ1n) is 8.64. The lowest BCUT2D eigenvalue weighted by molar-refractivity contribution is 0.172. The van der Waals surface area contributed by atoms with Gasteiger partial charge in [0.25, 0.3) is 0 Å². The Morgan fingerprint density at radius 3 is 2.54 bits per heavy atom. The number of aliphatic hydroxyl groups is 1. The van der Waals surface area contributed by atoms with E-state index in [9.17, 15) is 18.7 Å². The van der Waals surface area contributed by atoms with Crippen LogP contribution in [0.4, 0.5) is 13.6 Å². The second kappa shape index (κ2) is 8.62. The van der Waals surface area contributed by atoms with Crippen molar-refractivity contribution in [1.82, 2.24) is 20.2 Å². The highest BCUT2D eigenvalue weighted by Gasteiger charge is 2.21. The minimum Gasteiger partial charge on any atom is -0.387 e. The topological polar surface area (TPSA) is 79.2 Å². The fourth-order valence-corrected chi connectivity index (χ4v) is 2.81. The molecule has 1 heterocycles. The molecule has 3 N–H and O–H groups in total. The summed E-state index contributed by atoms with van der Waals surface area (Å²) in [4.78, 5) is 16.6. The number of aryl methyl sites for hydroxylation is 1. The molecule has 3 aromatic rings. The van der Waals surface area contributed by atoms with Crippen LogP contribution < -0.4 is 10.6 Å². The average molecular weight is 386 g/mol. The van der Waals surface area contributed by atoms with Gasteiger partial charge in [0.1, 0.15) is 23.5 Å². The molecule has 0 saturated carbocycles. The van der Waals surface area contributed by atoms with Gasteiger partial charge >= 0.3 is 6.03 Å². The normalized spacial score (nSPS) is 13.0. The lowest BCUT2D eigenvalue weighted by atomic mass is 10.1. The zero-order chi connectivity index (χ0) is 20.1. The molecule has 0 aliphatic rings. The number of hydrogen-bond acceptors (Lipinski definition) is 3. The molecule has 0 aliphatic carbocycles. The SMILES string of the molecule is Cn1ccnc1C(NC(=O)NCC(O)c1cccc(F)c1)c1ccc(F)cc1. The first-order chi connectivity index (χ1) is 13.4. The van der Waals surface area contributed by atoms with Crippen molar-refractivity contribution in [3.05, 3.63) is 89.5 Å². The number of rotatable bonds is 6. The van der Waals surface area contributed by atoms with Gasteiger partial charge in [0, 0.05) is 26.0 Å². The number of imidazole rings is 1. The van der Waals surface area contributed by atoms with Gasteiger partial charge in [0.2, 0.25) is 0 Å². The highest BCUT2D eigenvalue weighted by molar-refractivity contribution is 5.74. The first kappa shape index (κ1) is 19.5. The summed E-state index contributed by atoms with van der Waals surface area (Å²) in [6.45, 7) is -0.105. The fraction of sp³-hybridized carbons (Fsp3) is 0.200. The van der Waals surface area contributed by atoms with Gasteiger partial charge in [-0.3, -0.25) is 0 Å². The Kier molecular flexibility index (Phi) is 6.00. The number of amides is 2. The maximum atomic E-state index is 13.3. The van der Waals surface area contributed by atoms with Crippen molar-refractivity contribution in [2.24, 2.45) is 7.05 Å². The summed E-state index contributed by atoms with van der Waals surface area (Å²) >= 11 is 0. The Morgan fingerprint density at radius 1 is 1.14 bits per heavy atom. The number of urea groups is 1. The van der Waals surface area contributed by atoms with Crippen LogP contribution in [-0.2, 0) is 7.05 Å². The van der Waals surface area contributed by atoms with E-state index in [0.29, 0.717) is 17.0 Å². The van der Waals surface area contributed by atoms with Crippen molar-refractivity contribution >= 4 is 6.03 Å². The largest absolute Gasteiger partial charge is 0.387 e. The second-order valence-electron chi connectivity index (χ2n) is 6.31. The number of aliphatic hydroxyl groups excluding tert-OH is 1. The van der Waals surface area contributed by atoms with E-state index in [1.165, 1.54) is 30.3 Å². The number of halogens is 2. The van der Waals surface area contributed by atoms with E-state index < -0.39 is 24.0 Å². The summed E-state index contributed by atoms with van der Waals surface area (Å²) in [6.07, 6.45) is 2.28. The van der Waals surface area contributed by atoms with Gasteiger partial charge in [-0.05, 0) is 35.4 Å². The molecule has 0 fully saturated rings. The van der Waals surface area contributed by atoms with Gasteiger partial charge in [-0.2, -0.15) is 0 Å². The summed E-state index contributed by atoms with van der Waals surface area (Å²) in [5.41, 5.74) is 1.01. The van der Waals surface area contributed by atoms with Crippen LogP contribution in [0.2, 0.25) is 0 Å². The molecule has 2 atom stereocenters. The molecule has 2 aromatic carbocycles. The minimum atomic E-state index is -1.06. The maximum Gasteiger partial charge on any atom is 0.315 e. The first-order valence-corrected chi connectivity index (χ1v) is 8.64. The van der Waals surface area contributed by atoms with Gasteiger partial charge < -0.3 is 20.3 Å². The number of carbonyl (C=O) groups excluding carboxylic acids is 1. The van der Waals surface area contributed by atoms with E-state index >= 15 is 0 Å². The number of nitrogens with one attached hydrogen (secondary N) is 2. The van der Waals surface area contributed by atoms with Crippen LogP contribution in [0.5, 0.6) is 0 Å². The van der Waals surface area contributed by atoms with Gasteiger partial charge in [-0.15, -0.1) is 0 Å². The highest BCUT2D eigenvalue weighted by Crippen LogP contribution is 2.21. The standard InChI is InChI=1S/C20H20F2N4O2/c1-26-10-9-23-19(26)18(13-5-7-15(21)8-6-13)25-20(28)24-12-17(27)14-3-2-4-16(22)11-14/h2-11,17-18,27H,12H2,1H3,(H2,24,25,28). The molecule has 0 spiro atoms. The number of hydrogen-bond donors (Lipinski definition) is 3. The van der Waals surface area contributed by atoms with Crippen molar-refractivity contribution in [3.8, 4) is 0 Å². The monoisotopic (exact) mass is 386 g/mol. The molecular weight excluding hydrogens is 366 g/mol. The van der Waals surface area contributed by atoms with Crippen LogP contribution in [0, 0.1) is 11.6 Å². The third-order valence-corrected chi connectivity index (χ3v) is 4.28. The predicted octanol–water partition coefficient (Wildman–Crippen LogP) is 2.82. The van der Waals surface area contributed by atoms with Crippen molar-refractivity contribution in [3.63, 3.8) is 0 Å². The fourth-order valence-electron chi connectivity index (χ4n) is 2.81. The molecule has 0 bridgehead atoms. The molecule has 6 nitrogen and oxygen atoms in total. The van der Waals surface area contributed by atoms with Crippen LogP contribution >= 0.6 is 0 Å². The number of benzene rings is 2.